The quantitative estimate of drug-likeness (QED) is 0.856. The molecule has 5 heteroatoms. The maximum Gasteiger partial charge on any atom is 0.256 e. The summed E-state index contributed by atoms with van der Waals surface area (Å²) < 4.78 is 10.7. The first-order valence-electron chi connectivity index (χ1n) is 6.55. The highest BCUT2D eigenvalue weighted by Gasteiger charge is 2.47. The Balaban J connectivity index is 2.01. The van der Waals surface area contributed by atoms with Crippen LogP contribution in [0.3, 0.4) is 0 Å². The van der Waals surface area contributed by atoms with Crippen molar-refractivity contribution in [3.63, 3.8) is 0 Å². The maximum absolute atomic E-state index is 12.3. The molecular formula is C14H20N2O3. The van der Waals surface area contributed by atoms with Crippen molar-refractivity contribution < 1.29 is 14.3 Å². The second-order valence-corrected chi connectivity index (χ2v) is 4.86. The molecule has 1 aliphatic rings. The largest absolute Gasteiger partial charge is 0.478 e. The summed E-state index contributed by atoms with van der Waals surface area (Å²) in [5.74, 6) is 0.744. The molecule has 1 saturated carbocycles. The van der Waals surface area contributed by atoms with Gasteiger partial charge in [0.15, 0.2) is 0 Å². The Kier molecular flexibility index (Phi) is 4.04. The van der Waals surface area contributed by atoms with E-state index in [1.165, 1.54) is 0 Å². The van der Waals surface area contributed by atoms with Gasteiger partial charge in [-0.25, -0.2) is 4.98 Å². The number of hydrogen-bond acceptors (Lipinski definition) is 4. The summed E-state index contributed by atoms with van der Waals surface area (Å²) in [5.41, 5.74) is -0.101. The number of methoxy groups -OCH3 is 1. The number of nitrogens with zero attached hydrogens (tertiary/aromatic N) is 1. The van der Waals surface area contributed by atoms with Crippen LogP contribution in [0.4, 0.5) is 5.69 Å². The molecule has 1 N–H and O–H groups in total. The van der Waals surface area contributed by atoms with Gasteiger partial charge in [-0.15, -0.1) is 0 Å². The lowest BCUT2D eigenvalue weighted by Gasteiger charge is -2.26. The first-order valence-corrected chi connectivity index (χ1v) is 6.55. The Hall–Kier alpha value is -1.62. The molecule has 0 saturated heterocycles. The third kappa shape index (κ3) is 3.04. The van der Waals surface area contributed by atoms with E-state index in [4.69, 9.17) is 9.47 Å². The Morgan fingerprint density at radius 3 is 2.74 bits per heavy atom. The molecule has 1 atom stereocenters. The predicted molar refractivity (Wildman–Crippen MR) is 72.2 cm³/mol. The van der Waals surface area contributed by atoms with Gasteiger partial charge in [-0.3, -0.25) is 4.79 Å². The molecule has 0 unspecified atom stereocenters. The van der Waals surface area contributed by atoms with Crippen LogP contribution in [-0.4, -0.2) is 30.2 Å². The van der Waals surface area contributed by atoms with Gasteiger partial charge in [0.1, 0.15) is 5.60 Å². The molecule has 104 valence electrons. The lowest BCUT2D eigenvalue weighted by atomic mass is 9.99. The highest BCUT2D eigenvalue weighted by atomic mass is 16.5. The van der Waals surface area contributed by atoms with Gasteiger partial charge in [0, 0.05) is 13.2 Å². The van der Waals surface area contributed by atoms with Gasteiger partial charge in [-0.2, -0.15) is 0 Å². The van der Waals surface area contributed by atoms with Gasteiger partial charge in [-0.05, 0) is 38.7 Å². The van der Waals surface area contributed by atoms with Crippen molar-refractivity contribution in [1.82, 2.24) is 4.98 Å². The van der Waals surface area contributed by atoms with Gasteiger partial charge in [0.05, 0.1) is 18.5 Å². The predicted octanol–water partition coefficient (Wildman–Crippen LogP) is 2.23. The van der Waals surface area contributed by atoms with Crippen molar-refractivity contribution in [1.29, 1.82) is 0 Å². The summed E-state index contributed by atoms with van der Waals surface area (Å²) in [4.78, 5) is 16.4. The number of carbonyl (C=O) groups excluding carboxylic acids is 1. The normalized spacial score (nSPS) is 17.6. The fraction of sp³-hybridized carbons (Fsp3) is 0.571. The average molecular weight is 264 g/mol. The van der Waals surface area contributed by atoms with Crippen LogP contribution in [0.1, 0.15) is 26.7 Å². The van der Waals surface area contributed by atoms with E-state index >= 15 is 0 Å². The molecule has 1 heterocycles. The molecule has 1 fully saturated rings. The number of rotatable bonds is 6. The van der Waals surface area contributed by atoms with Crippen LogP contribution < -0.4 is 10.1 Å². The number of aromatic nitrogens is 1. The third-order valence-electron chi connectivity index (χ3n) is 3.52. The second kappa shape index (κ2) is 5.57. The first kappa shape index (κ1) is 13.8. The molecule has 0 bridgehead atoms. The summed E-state index contributed by atoms with van der Waals surface area (Å²) in [7, 11) is 1.58. The van der Waals surface area contributed by atoms with Crippen molar-refractivity contribution in [2.75, 3.05) is 19.0 Å². The number of amides is 1. The van der Waals surface area contributed by atoms with Crippen LogP contribution in [0, 0.1) is 5.92 Å². The third-order valence-corrected chi connectivity index (χ3v) is 3.52. The zero-order chi connectivity index (χ0) is 13.9. The molecule has 0 spiro atoms. The summed E-state index contributed by atoms with van der Waals surface area (Å²) in [6.07, 6.45) is 3.67. The van der Waals surface area contributed by atoms with Crippen LogP contribution in [-0.2, 0) is 9.53 Å². The molecule has 0 radical (unpaired) electrons. The van der Waals surface area contributed by atoms with Gasteiger partial charge >= 0.3 is 0 Å². The standard InChI is InChI=1S/C14H20N2O3/c1-4-19-12-8-7-11(9-15-12)16-13(17)14(2,18-3)10-5-6-10/h7-10H,4-6H2,1-3H3,(H,16,17)/t14-/m0/s1. The second-order valence-electron chi connectivity index (χ2n) is 4.86. The van der Waals surface area contributed by atoms with Crippen molar-refractivity contribution in [3.05, 3.63) is 18.3 Å². The minimum absolute atomic E-state index is 0.122. The smallest absolute Gasteiger partial charge is 0.256 e. The van der Waals surface area contributed by atoms with Crippen molar-refractivity contribution in [2.24, 2.45) is 5.92 Å². The highest BCUT2D eigenvalue weighted by Crippen LogP contribution is 2.42. The van der Waals surface area contributed by atoms with Crippen molar-refractivity contribution in [3.8, 4) is 5.88 Å². The lowest BCUT2D eigenvalue weighted by molar-refractivity contribution is -0.138. The maximum atomic E-state index is 12.3. The molecule has 1 aliphatic carbocycles. The minimum atomic E-state index is -0.751. The fourth-order valence-corrected chi connectivity index (χ4v) is 2.02. The number of pyridine rings is 1. The molecule has 5 nitrogen and oxygen atoms in total. The molecule has 19 heavy (non-hydrogen) atoms. The Morgan fingerprint density at radius 2 is 2.26 bits per heavy atom. The van der Waals surface area contributed by atoms with E-state index in [0.29, 0.717) is 24.1 Å². The zero-order valence-corrected chi connectivity index (χ0v) is 11.6. The molecule has 2 rings (SSSR count). The minimum Gasteiger partial charge on any atom is -0.478 e. The Labute approximate surface area is 113 Å². The van der Waals surface area contributed by atoms with Gasteiger partial charge < -0.3 is 14.8 Å². The molecule has 1 aromatic heterocycles. The molecule has 1 amide bonds. The van der Waals surface area contributed by atoms with E-state index in [-0.39, 0.29) is 5.91 Å². The van der Waals surface area contributed by atoms with Crippen molar-refractivity contribution >= 4 is 11.6 Å². The number of hydrogen-bond donors (Lipinski definition) is 1. The molecule has 1 aromatic rings. The molecule has 0 aromatic carbocycles. The van der Waals surface area contributed by atoms with Crippen LogP contribution in [0.25, 0.3) is 0 Å². The first-order chi connectivity index (χ1) is 9.10. The fourth-order valence-electron chi connectivity index (χ4n) is 2.02. The highest BCUT2D eigenvalue weighted by molar-refractivity contribution is 5.97. The summed E-state index contributed by atoms with van der Waals surface area (Å²) >= 11 is 0. The summed E-state index contributed by atoms with van der Waals surface area (Å²) in [5, 5.41) is 2.84. The number of anilines is 1. The monoisotopic (exact) mass is 264 g/mol. The van der Waals surface area contributed by atoms with Gasteiger partial charge in [0.25, 0.3) is 5.91 Å². The van der Waals surface area contributed by atoms with Gasteiger partial charge in [-0.1, -0.05) is 0 Å². The molecule has 0 aliphatic heterocycles. The van der Waals surface area contributed by atoms with E-state index in [2.05, 4.69) is 10.3 Å². The number of ether oxygens (including phenoxy) is 2. The van der Waals surface area contributed by atoms with Crippen molar-refractivity contribution in [2.45, 2.75) is 32.3 Å². The van der Waals surface area contributed by atoms with Gasteiger partial charge in [0.2, 0.25) is 5.88 Å². The van der Waals surface area contributed by atoms with E-state index in [9.17, 15) is 4.79 Å². The van der Waals surface area contributed by atoms with Crippen LogP contribution in [0.5, 0.6) is 5.88 Å². The lowest BCUT2D eigenvalue weighted by Crippen LogP contribution is -2.44. The zero-order valence-electron chi connectivity index (χ0n) is 11.6. The topological polar surface area (TPSA) is 60.5 Å². The van der Waals surface area contributed by atoms with Crippen LogP contribution in [0.2, 0.25) is 0 Å². The van der Waals surface area contributed by atoms with E-state index in [1.54, 1.807) is 25.4 Å². The van der Waals surface area contributed by atoms with Crippen LogP contribution in [0.15, 0.2) is 18.3 Å². The summed E-state index contributed by atoms with van der Waals surface area (Å²) in [6, 6.07) is 3.51. The Morgan fingerprint density at radius 1 is 1.53 bits per heavy atom. The molecular weight excluding hydrogens is 244 g/mol. The van der Waals surface area contributed by atoms with Crippen LogP contribution >= 0.6 is 0 Å². The SMILES string of the molecule is CCOc1ccc(NC(=O)[C@@](C)(OC)C2CC2)cn1. The van der Waals surface area contributed by atoms with E-state index in [1.807, 2.05) is 13.8 Å². The summed E-state index contributed by atoms with van der Waals surface area (Å²) in [6.45, 7) is 4.31. The number of carbonyl (C=O) groups is 1. The van der Waals surface area contributed by atoms with E-state index < -0.39 is 5.60 Å². The van der Waals surface area contributed by atoms with E-state index in [0.717, 1.165) is 12.8 Å². The Bertz CT molecular complexity index is 443. The average Bonchev–Trinajstić information content (AvgIpc) is 3.25. The number of nitrogens with one attached hydrogen (secondary N) is 1.